The fourth-order valence-corrected chi connectivity index (χ4v) is 3.46. The van der Waals surface area contributed by atoms with E-state index in [9.17, 15) is 4.79 Å². The van der Waals surface area contributed by atoms with Crippen LogP contribution in [0.5, 0.6) is 11.5 Å². The van der Waals surface area contributed by atoms with Gasteiger partial charge in [0.15, 0.2) is 11.5 Å². The second-order valence-corrected chi connectivity index (χ2v) is 6.80. The highest BCUT2D eigenvalue weighted by atomic mass is 16.6. The third kappa shape index (κ3) is 3.77. The van der Waals surface area contributed by atoms with Crippen LogP contribution in [0, 0.1) is 0 Å². The van der Waals surface area contributed by atoms with Crippen molar-refractivity contribution < 1.29 is 14.3 Å². The van der Waals surface area contributed by atoms with E-state index in [-0.39, 0.29) is 12.5 Å². The van der Waals surface area contributed by atoms with Crippen LogP contribution in [0.2, 0.25) is 0 Å². The number of amides is 1. The van der Waals surface area contributed by atoms with Gasteiger partial charge in [-0.05, 0) is 49.2 Å². The summed E-state index contributed by atoms with van der Waals surface area (Å²) < 4.78 is 11.4. The standard InChI is InChI=1S/C21H24N2O3/c24-21(20-15-25-18-7-3-4-8-19(18)26-20)22-16-9-11-17(12-10-16)23-13-5-1-2-6-14-23/h3-4,7-12,20H,1-2,5-6,13-15H2,(H,22,24)/t20-/m1/s1. The van der Waals surface area contributed by atoms with Gasteiger partial charge >= 0.3 is 0 Å². The first kappa shape index (κ1) is 16.8. The number of hydrogen-bond donors (Lipinski definition) is 1. The lowest BCUT2D eigenvalue weighted by Gasteiger charge is -2.26. The highest BCUT2D eigenvalue weighted by molar-refractivity contribution is 5.94. The van der Waals surface area contributed by atoms with E-state index in [0.29, 0.717) is 11.5 Å². The zero-order valence-corrected chi connectivity index (χ0v) is 14.8. The first-order chi connectivity index (χ1) is 12.8. The third-order valence-corrected chi connectivity index (χ3v) is 4.91. The molecule has 0 aromatic heterocycles. The lowest BCUT2D eigenvalue weighted by molar-refractivity contribution is -0.125. The quantitative estimate of drug-likeness (QED) is 0.912. The molecule has 1 atom stereocenters. The Morgan fingerprint density at radius 3 is 2.35 bits per heavy atom. The van der Waals surface area contributed by atoms with Gasteiger partial charge in [-0.15, -0.1) is 0 Å². The largest absolute Gasteiger partial charge is 0.485 e. The molecule has 2 aliphatic heterocycles. The van der Waals surface area contributed by atoms with Gasteiger partial charge in [0.05, 0.1) is 0 Å². The summed E-state index contributed by atoms with van der Waals surface area (Å²) in [4.78, 5) is 14.9. The molecule has 2 aromatic rings. The van der Waals surface area contributed by atoms with Crippen molar-refractivity contribution in [3.8, 4) is 11.5 Å². The van der Waals surface area contributed by atoms with Crippen molar-refractivity contribution in [1.29, 1.82) is 0 Å². The highest BCUT2D eigenvalue weighted by Crippen LogP contribution is 2.31. The summed E-state index contributed by atoms with van der Waals surface area (Å²) in [6.45, 7) is 2.44. The van der Waals surface area contributed by atoms with Gasteiger partial charge in [-0.1, -0.05) is 25.0 Å². The molecule has 0 saturated carbocycles. The number of anilines is 2. The summed E-state index contributed by atoms with van der Waals surface area (Å²) in [5.41, 5.74) is 1.99. The van der Waals surface area contributed by atoms with Crippen LogP contribution in [0.1, 0.15) is 25.7 Å². The van der Waals surface area contributed by atoms with Crippen LogP contribution in [0.3, 0.4) is 0 Å². The summed E-state index contributed by atoms with van der Waals surface area (Å²) in [6, 6.07) is 15.5. The molecule has 2 aromatic carbocycles. The van der Waals surface area contributed by atoms with Crippen LogP contribution in [0.25, 0.3) is 0 Å². The molecule has 2 aliphatic rings. The van der Waals surface area contributed by atoms with Crippen LogP contribution < -0.4 is 19.7 Å². The predicted molar refractivity (Wildman–Crippen MR) is 102 cm³/mol. The van der Waals surface area contributed by atoms with Gasteiger partial charge in [0, 0.05) is 24.5 Å². The third-order valence-electron chi connectivity index (χ3n) is 4.91. The molecule has 4 rings (SSSR count). The second-order valence-electron chi connectivity index (χ2n) is 6.80. The van der Waals surface area contributed by atoms with Gasteiger partial charge in [0.25, 0.3) is 5.91 Å². The molecular weight excluding hydrogens is 328 g/mol. The minimum absolute atomic E-state index is 0.193. The zero-order valence-electron chi connectivity index (χ0n) is 14.8. The molecule has 26 heavy (non-hydrogen) atoms. The second kappa shape index (κ2) is 7.68. The molecule has 5 heteroatoms. The van der Waals surface area contributed by atoms with Gasteiger partial charge in [-0.25, -0.2) is 0 Å². The van der Waals surface area contributed by atoms with Gasteiger partial charge in [0.2, 0.25) is 6.10 Å². The molecule has 0 spiro atoms. The predicted octanol–water partition coefficient (Wildman–Crippen LogP) is 3.85. The topological polar surface area (TPSA) is 50.8 Å². The maximum Gasteiger partial charge on any atom is 0.269 e. The normalized spacial score (nSPS) is 19.5. The Morgan fingerprint density at radius 1 is 0.923 bits per heavy atom. The first-order valence-corrected chi connectivity index (χ1v) is 9.34. The van der Waals surface area contributed by atoms with E-state index in [2.05, 4.69) is 22.3 Å². The number of nitrogens with zero attached hydrogens (tertiary/aromatic N) is 1. The van der Waals surface area contributed by atoms with E-state index in [0.717, 1.165) is 18.8 Å². The minimum atomic E-state index is -0.643. The first-order valence-electron chi connectivity index (χ1n) is 9.34. The number of rotatable bonds is 3. The fourth-order valence-electron chi connectivity index (χ4n) is 3.46. The van der Waals surface area contributed by atoms with Crippen LogP contribution in [-0.2, 0) is 4.79 Å². The Bertz CT molecular complexity index is 752. The lowest BCUT2D eigenvalue weighted by Crippen LogP contribution is -2.40. The average Bonchev–Trinajstić information content (AvgIpc) is 2.98. The van der Waals surface area contributed by atoms with Crippen LogP contribution in [-0.4, -0.2) is 31.7 Å². The van der Waals surface area contributed by atoms with Gasteiger partial charge < -0.3 is 19.7 Å². The number of fused-ring (bicyclic) bond motifs is 1. The molecule has 0 bridgehead atoms. The minimum Gasteiger partial charge on any atom is -0.485 e. The maximum absolute atomic E-state index is 12.5. The van der Waals surface area contributed by atoms with E-state index in [1.165, 1.54) is 31.4 Å². The molecule has 1 saturated heterocycles. The van der Waals surface area contributed by atoms with E-state index in [1.54, 1.807) is 0 Å². The zero-order chi connectivity index (χ0) is 17.8. The molecule has 1 amide bonds. The summed E-state index contributed by atoms with van der Waals surface area (Å²) in [5, 5.41) is 2.92. The Balaban J connectivity index is 1.37. The number of ether oxygens (including phenoxy) is 2. The van der Waals surface area contributed by atoms with E-state index < -0.39 is 6.10 Å². The SMILES string of the molecule is O=C(Nc1ccc(N2CCCCCC2)cc1)[C@H]1COc2ccccc2O1. The van der Waals surface area contributed by atoms with Crippen molar-refractivity contribution in [3.63, 3.8) is 0 Å². The smallest absolute Gasteiger partial charge is 0.269 e. The van der Waals surface area contributed by atoms with Crippen molar-refractivity contribution in [2.45, 2.75) is 31.8 Å². The van der Waals surface area contributed by atoms with Crippen molar-refractivity contribution in [2.24, 2.45) is 0 Å². The Labute approximate surface area is 153 Å². The lowest BCUT2D eigenvalue weighted by atomic mass is 10.2. The average molecular weight is 352 g/mol. The number of nitrogens with one attached hydrogen (secondary N) is 1. The number of carbonyl (C=O) groups excluding carboxylic acids is 1. The van der Waals surface area contributed by atoms with Crippen molar-refractivity contribution in [3.05, 3.63) is 48.5 Å². The monoisotopic (exact) mass is 352 g/mol. The number of hydrogen-bond acceptors (Lipinski definition) is 4. The van der Waals surface area contributed by atoms with Crippen LogP contribution in [0.15, 0.2) is 48.5 Å². The molecule has 0 aliphatic carbocycles. The Morgan fingerprint density at radius 2 is 1.62 bits per heavy atom. The molecule has 136 valence electrons. The summed E-state index contributed by atoms with van der Waals surface area (Å²) in [5.74, 6) is 1.09. The molecule has 5 nitrogen and oxygen atoms in total. The maximum atomic E-state index is 12.5. The Kier molecular flexibility index (Phi) is 4.95. The van der Waals surface area contributed by atoms with Crippen LogP contribution >= 0.6 is 0 Å². The van der Waals surface area contributed by atoms with Crippen molar-refractivity contribution in [2.75, 3.05) is 29.9 Å². The van der Waals surface area contributed by atoms with E-state index in [4.69, 9.17) is 9.47 Å². The van der Waals surface area contributed by atoms with Gasteiger partial charge in [0.1, 0.15) is 6.61 Å². The summed E-state index contributed by atoms with van der Waals surface area (Å²) in [6.07, 6.45) is 4.49. The fraction of sp³-hybridized carbons (Fsp3) is 0.381. The van der Waals surface area contributed by atoms with E-state index in [1.807, 2.05) is 36.4 Å². The van der Waals surface area contributed by atoms with Gasteiger partial charge in [-0.2, -0.15) is 0 Å². The molecular formula is C21H24N2O3. The van der Waals surface area contributed by atoms with Crippen molar-refractivity contribution in [1.82, 2.24) is 0 Å². The molecule has 1 fully saturated rings. The molecule has 2 heterocycles. The van der Waals surface area contributed by atoms with Gasteiger partial charge in [-0.3, -0.25) is 4.79 Å². The molecule has 0 unspecified atom stereocenters. The van der Waals surface area contributed by atoms with E-state index >= 15 is 0 Å². The van der Waals surface area contributed by atoms with Crippen LogP contribution in [0.4, 0.5) is 11.4 Å². The number of benzene rings is 2. The molecule has 0 radical (unpaired) electrons. The number of carbonyl (C=O) groups is 1. The molecule has 1 N–H and O–H groups in total. The summed E-state index contributed by atoms with van der Waals surface area (Å²) >= 11 is 0. The highest BCUT2D eigenvalue weighted by Gasteiger charge is 2.27. The number of para-hydroxylation sites is 2. The van der Waals surface area contributed by atoms with Crippen molar-refractivity contribution >= 4 is 17.3 Å². The Hall–Kier alpha value is -2.69. The summed E-state index contributed by atoms with van der Waals surface area (Å²) in [7, 11) is 0.